The van der Waals surface area contributed by atoms with E-state index in [1.54, 1.807) is 0 Å². The zero-order valence-corrected chi connectivity index (χ0v) is 10.2. The first-order valence-corrected chi connectivity index (χ1v) is 6.34. The maximum absolute atomic E-state index is 13.1. The maximum Gasteiger partial charge on any atom is 0.395 e. The van der Waals surface area contributed by atoms with E-state index < -0.39 is 12.1 Å². The molecule has 2 nitrogen and oxygen atoms in total. The number of aryl methyl sites for hydroxylation is 2. The molecule has 0 radical (unpaired) electrons. The molecule has 3 rings (SSSR count). The van der Waals surface area contributed by atoms with Crippen molar-refractivity contribution in [1.29, 1.82) is 0 Å². The van der Waals surface area contributed by atoms with Crippen molar-refractivity contribution in [2.75, 3.05) is 0 Å². The van der Waals surface area contributed by atoms with Gasteiger partial charge in [-0.05, 0) is 54.4 Å². The van der Waals surface area contributed by atoms with Crippen LogP contribution in [0.2, 0.25) is 0 Å². The Morgan fingerprint density at radius 1 is 1.21 bits per heavy atom. The minimum atomic E-state index is -4.27. The van der Waals surface area contributed by atoms with Crippen LogP contribution >= 0.6 is 0 Å². The molecule has 1 atom stereocenters. The molecule has 1 unspecified atom stereocenters. The van der Waals surface area contributed by atoms with Crippen LogP contribution < -0.4 is 0 Å². The zero-order chi connectivity index (χ0) is 13.6. The predicted octanol–water partition coefficient (Wildman–Crippen LogP) is 3.73. The summed E-state index contributed by atoms with van der Waals surface area (Å²) in [5.41, 5.74) is 3.04. The molecule has 0 fully saturated rings. The highest BCUT2D eigenvalue weighted by molar-refractivity contribution is 5.67. The van der Waals surface area contributed by atoms with Crippen molar-refractivity contribution in [3.63, 3.8) is 0 Å². The van der Waals surface area contributed by atoms with Gasteiger partial charge in [-0.3, -0.25) is 0 Å². The molecule has 1 aromatic carbocycles. The van der Waals surface area contributed by atoms with Gasteiger partial charge in [0.1, 0.15) is 0 Å². The SMILES string of the molecule is O=C=Nc1c2c(cc3c1C(C(F)(F)F)CC3)CCC2. The molecule has 0 spiro atoms. The van der Waals surface area contributed by atoms with E-state index in [0.29, 0.717) is 18.4 Å². The van der Waals surface area contributed by atoms with Gasteiger partial charge in [0.05, 0.1) is 11.6 Å². The minimum Gasteiger partial charge on any atom is -0.211 e. The van der Waals surface area contributed by atoms with Crippen molar-refractivity contribution in [2.45, 2.75) is 44.2 Å². The number of hydrogen-bond acceptors (Lipinski definition) is 2. The van der Waals surface area contributed by atoms with E-state index >= 15 is 0 Å². The number of fused-ring (bicyclic) bond motifs is 2. The van der Waals surface area contributed by atoms with Crippen molar-refractivity contribution >= 4 is 11.8 Å². The van der Waals surface area contributed by atoms with Crippen LogP contribution in [0.3, 0.4) is 0 Å². The third kappa shape index (κ3) is 1.89. The molecule has 0 N–H and O–H groups in total. The predicted molar refractivity (Wildman–Crippen MR) is 63.4 cm³/mol. The second-order valence-corrected chi connectivity index (χ2v) is 5.13. The number of benzene rings is 1. The summed E-state index contributed by atoms with van der Waals surface area (Å²) in [5.74, 6) is -1.49. The van der Waals surface area contributed by atoms with E-state index in [2.05, 4.69) is 4.99 Å². The summed E-state index contributed by atoms with van der Waals surface area (Å²) in [6.45, 7) is 0. The highest BCUT2D eigenvalue weighted by Crippen LogP contribution is 2.51. The number of alkyl halides is 3. The van der Waals surface area contributed by atoms with Gasteiger partial charge < -0.3 is 0 Å². The topological polar surface area (TPSA) is 29.4 Å². The van der Waals surface area contributed by atoms with Gasteiger partial charge in [0.25, 0.3) is 0 Å². The molecule has 0 saturated carbocycles. The molecule has 0 amide bonds. The Bertz CT molecular complexity index is 585. The molecular formula is C14H12F3NO. The Kier molecular flexibility index (Phi) is 2.75. The van der Waals surface area contributed by atoms with Gasteiger partial charge in [-0.1, -0.05) is 6.07 Å². The molecular weight excluding hydrogens is 255 g/mol. The number of rotatable bonds is 1. The van der Waals surface area contributed by atoms with E-state index in [1.807, 2.05) is 6.07 Å². The maximum atomic E-state index is 13.1. The molecule has 19 heavy (non-hydrogen) atoms. The molecule has 1 aromatic rings. The number of aliphatic imine (C=N–C) groups is 1. The summed E-state index contributed by atoms with van der Waals surface area (Å²) in [4.78, 5) is 14.2. The molecule has 100 valence electrons. The van der Waals surface area contributed by atoms with Crippen LogP contribution in [-0.2, 0) is 24.1 Å². The van der Waals surface area contributed by atoms with Crippen molar-refractivity contribution in [3.8, 4) is 0 Å². The van der Waals surface area contributed by atoms with Crippen molar-refractivity contribution in [3.05, 3.63) is 28.3 Å². The summed E-state index contributed by atoms with van der Waals surface area (Å²) >= 11 is 0. The van der Waals surface area contributed by atoms with Crippen molar-refractivity contribution in [1.82, 2.24) is 0 Å². The molecule has 2 aliphatic rings. The van der Waals surface area contributed by atoms with Gasteiger partial charge in [-0.15, -0.1) is 0 Å². The van der Waals surface area contributed by atoms with E-state index in [-0.39, 0.29) is 17.7 Å². The first-order chi connectivity index (χ1) is 9.02. The number of nitrogens with zero attached hydrogens (tertiary/aromatic N) is 1. The Hall–Kier alpha value is -1.61. The normalized spacial score (nSPS) is 20.9. The second-order valence-electron chi connectivity index (χ2n) is 5.13. The fourth-order valence-corrected chi connectivity index (χ4v) is 3.34. The Labute approximate surface area is 108 Å². The molecule has 2 aliphatic carbocycles. The van der Waals surface area contributed by atoms with Crippen LogP contribution in [0.1, 0.15) is 41.0 Å². The average Bonchev–Trinajstić information content (AvgIpc) is 2.93. The molecule has 0 aromatic heterocycles. The zero-order valence-electron chi connectivity index (χ0n) is 10.2. The van der Waals surface area contributed by atoms with Crippen LogP contribution in [0, 0.1) is 0 Å². The van der Waals surface area contributed by atoms with Gasteiger partial charge in [-0.2, -0.15) is 18.2 Å². The molecule has 5 heteroatoms. The van der Waals surface area contributed by atoms with Gasteiger partial charge in [0, 0.05) is 0 Å². The molecule has 0 aliphatic heterocycles. The fraction of sp³-hybridized carbons (Fsp3) is 0.500. The van der Waals surface area contributed by atoms with E-state index in [1.165, 1.54) is 6.08 Å². The van der Waals surface area contributed by atoms with E-state index in [0.717, 1.165) is 24.0 Å². The molecule has 0 heterocycles. The summed E-state index contributed by atoms with van der Waals surface area (Å²) in [7, 11) is 0. The standard InChI is InChI=1S/C14H12F3NO/c15-14(16,17)11-5-4-9-6-8-2-1-3-10(8)13(12(9)11)18-7-19/h6,11H,1-5H2. The van der Waals surface area contributed by atoms with Gasteiger partial charge in [-0.25, -0.2) is 4.79 Å². The smallest absolute Gasteiger partial charge is 0.211 e. The number of carbonyl (C=O) groups excluding carboxylic acids is 1. The third-order valence-corrected chi connectivity index (χ3v) is 4.10. The first-order valence-electron chi connectivity index (χ1n) is 6.34. The Balaban J connectivity index is 2.24. The number of halogens is 3. The number of hydrogen-bond donors (Lipinski definition) is 0. The van der Waals surface area contributed by atoms with Gasteiger partial charge >= 0.3 is 6.18 Å². The Morgan fingerprint density at radius 3 is 2.68 bits per heavy atom. The minimum absolute atomic E-state index is 0.0586. The van der Waals surface area contributed by atoms with Crippen LogP contribution in [0.4, 0.5) is 18.9 Å². The van der Waals surface area contributed by atoms with Gasteiger partial charge in [0.15, 0.2) is 0 Å². The lowest BCUT2D eigenvalue weighted by Crippen LogP contribution is -2.18. The Morgan fingerprint density at radius 2 is 2.00 bits per heavy atom. The van der Waals surface area contributed by atoms with E-state index in [9.17, 15) is 18.0 Å². The summed E-state index contributed by atoms with van der Waals surface area (Å²) in [6.07, 6.45) is 0.0969. The fourth-order valence-electron chi connectivity index (χ4n) is 3.34. The van der Waals surface area contributed by atoms with Gasteiger partial charge in [0.2, 0.25) is 6.08 Å². The monoisotopic (exact) mass is 267 g/mol. The quantitative estimate of drug-likeness (QED) is 0.563. The largest absolute Gasteiger partial charge is 0.395 e. The lowest BCUT2D eigenvalue weighted by Gasteiger charge is -2.18. The lowest BCUT2D eigenvalue weighted by atomic mass is 9.93. The van der Waals surface area contributed by atoms with Crippen molar-refractivity contribution < 1.29 is 18.0 Å². The third-order valence-electron chi connectivity index (χ3n) is 4.10. The highest BCUT2D eigenvalue weighted by Gasteiger charge is 2.46. The second kappa shape index (κ2) is 4.20. The van der Waals surface area contributed by atoms with E-state index in [4.69, 9.17) is 0 Å². The van der Waals surface area contributed by atoms with Crippen LogP contribution in [0.15, 0.2) is 11.1 Å². The van der Waals surface area contributed by atoms with Crippen LogP contribution in [0.25, 0.3) is 0 Å². The highest BCUT2D eigenvalue weighted by atomic mass is 19.4. The molecule has 0 saturated heterocycles. The lowest BCUT2D eigenvalue weighted by molar-refractivity contribution is -0.149. The van der Waals surface area contributed by atoms with Crippen molar-refractivity contribution in [2.24, 2.45) is 4.99 Å². The first kappa shape index (κ1) is 12.4. The van der Waals surface area contributed by atoms with Crippen LogP contribution in [0.5, 0.6) is 0 Å². The summed E-state index contributed by atoms with van der Waals surface area (Å²) in [6, 6.07) is 1.88. The summed E-state index contributed by atoms with van der Waals surface area (Å²) < 4.78 is 39.2. The summed E-state index contributed by atoms with van der Waals surface area (Å²) in [5, 5.41) is 0. The van der Waals surface area contributed by atoms with Crippen LogP contribution in [-0.4, -0.2) is 12.3 Å². The number of isocyanates is 1. The molecule has 0 bridgehead atoms. The average molecular weight is 267 g/mol.